The number of carbonyl (C=O) groups excluding carboxylic acids is 2. The number of amides is 1. The number of benzene rings is 1. The van der Waals surface area contributed by atoms with Gasteiger partial charge in [0, 0.05) is 28.7 Å². The summed E-state index contributed by atoms with van der Waals surface area (Å²) in [5, 5.41) is 20.5. The molecule has 0 spiro atoms. The average Bonchev–Trinajstić information content (AvgIpc) is 3.31. The van der Waals surface area contributed by atoms with Crippen molar-refractivity contribution in [1.29, 1.82) is 0 Å². The van der Waals surface area contributed by atoms with Crippen LogP contribution in [-0.2, 0) is 21.8 Å². The summed E-state index contributed by atoms with van der Waals surface area (Å²) in [4.78, 5) is 29.7. The number of nitrogens with one attached hydrogen (secondary N) is 2. The Morgan fingerprint density at radius 1 is 1.47 bits per heavy atom. The SMILES string of the molecule is COc1cc(O)c2c(c1C)C(=O)OCCCCC(=S)N[C@H](c1nc(CNC(=O)[C@H](C)N)no1)CSC2. The number of nitrogens with zero attached hydrogens (tertiary/aromatic N) is 2. The zero-order chi connectivity index (χ0) is 26.2. The number of thiocarbonyl (C=S) groups is 1. The van der Waals surface area contributed by atoms with Gasteiger partial charge in [-0.1, -0.05) is 17.4 Å². The second-order valence-corrected chi connectivity index (χ2v) is 9.88. The van der Waals surface area contributed by atoms with E-state index in [4.69, 9.17) is 31.9 Å². The Balaban J connectivity index is 1.83. The van der Waals surface area contributed by atoms with Crippen LogP contribution in [0.3, 0.4) is 0 Å². The van der Waals surface area contributed by atoms with E-state index in [1.165, 1.54) is 24.9 Å². The summed E-state index contributed by atoms with van der Waals surface area (Å²) in [6, 6.07) is 0.441. The fraction of sp³-hybridized carbons (Fsp3) is 0.522. The predicted molar refractivity (Wildman–Crippen MR) is 138 cm³/mol. The van der Waals surface area contributed by atoms with Crippen LogP contribution < -0.4 is 21.1 Å². The Bertz CT molecular complexity index is 1110. The number of aromatic hydroxyl groups is 1. The molecular formula is C23H31N5O6S2. The summed E-state index contributed by atoms with van der Waals surface area (Å²) in [6.07, 6.45) is 1.94. The number of esters is 1. The Labute approximate surface area is 218 Å². The van der Waals surface area contributed by atoms with Gasteiger partial charge in [-0.15, -0.1) is 0 Å². The topological polar surface area (TPSA) is 162 Å². The van der Waals surface area contributed by atoms with E-state index in [9.17, 15) is 14.7 Å². The Morgan fingerprint density at radius 3 is 2.97 bits per heavy atom. The second kappa shape index (κ2) is 12.9. The van der Waals surface area contributed by atoms with E-state index in [-0.39, 0.29) is 24.8 Å². The lowest BCUT2D eigenvalue weighted by atomic mass is 10.0. The number of thioether (sulfide) groups is 1. The molecule has 0 aliphatic carbocycles. The lowest BCUT2D eigenvalue weighted by molar-refractivity contribution is -0.122. The van der Waals surface area contributed by atoms with E-state index in [1.54, 1.807) is 13.8 Å². The zero-order valence-corrected chi connectivity index (χ0v) is 22.1. The molecule has 196 valence electrons. The number of fused-ring (bicyclic) bond motifs is 1. The largest absolute Gasteiger partial charge is 0.507 e. The molecule has 1 amide bonds. The highest BCUT2D eigenvalue weighted by molar-refractivity contribution is 7.98. The number of cyclic esters (lactones) is 1. The third-order valence-electron chi connectivity index (χ3n) is 5.56. The highest BCUT2D eigenvalue weighted by atomic mass is 32.2. The van der Waals surface area contributed by atoms with Crippen molar-refractivity contribution in [3.05, 3.63) is 34.5 Å². The van der Waals surface area contributed by atoms with Crippen molar-refractivity contribution in [3.63, 3.8) is 0 Å². The summed E-state index contributed by atoms with van der Waals surface area (Å²) < 4.78 is 16.3. The molecule has 3 rings (SSSR count). The fourth-order valence-corrected chi connectivity index (χ4v) is 4.95. The van der Waals surface area contributed by atoms with Crippen LogP contribution in [-0.4, -0.2) is 57.6 Å². The molecule has 1 aliphatic rings. The average molecular weight is 538 g/mol. The van der Waals surface area contributed by atoms with Gasteiger partial charge in [0.05, 0.1) is 36.9 Å². The van der Waals surface area contributed by atoms with Gasteiger partial charge in [0.2, 0.25) is 11.8 Å². The van der Waals surface area contributed by atoms with E-state index in [0.29, 0.717) is 69.9 Å². The van der Waals surface area contributed by atoms with E-state index in [0.717, 1.165) is 0 Å². The number of aromatic nitrogens is 2. The lowest BCUT2D eigenvalue weighted by Gasteiger charge is -2.20. The predicted octanol–water partition coefficient (Wildman–Crippen LogP) is 2.29. The van der Waals surface area contributed by atoms with E-state index in [1.807, 2.05) is 0 Å². The molecule has 36 heavy (non-hydrogen) atoms. The number of phenolic OH excluding ortho intramolecular Hbond substituents is 1. The van der Waals surface area contributed by atoms with Gasteiger partial charge in [-0.2, -0.15) is 16.7 Å². The molecule has 13 heteroatoms. The molecule has 0 unspecified atom stereocenters. The third-order valence-corrected chi connectivity index (χ3v) is 6.94. The number of phenols is 1. The molecule has 0 saturated heterocycles. The minimum Gasteiger partial charge on any atom is -0.507 e. The summed E-state index contributed by atoms with van der Waals surface area (Å²) >= 11 is 6.95. The molecule has 11 nitrogen and oxygen atoms in total. The van der Waals surface area contributed by atoms with Crippen molar-refractivity contribution in [3.8, 4) is 11.5 Å². The van der Waals surface area contributed by atoms with Gasteiger partial charge in [-0.3, -0.25) is 4.79 Å². The van der Waals surface area contributed by atoms with Crippen LogP contribution in [0.1, 0.15) is 65.4 Å². The van der Waals surface area contributed by atoms with Gasteiger partial charge < -0.3 is 35.5 Å². The molecule has 0 fully saturated rings. The second-order valence-electron chi connectivity index (χ2n) is 8.36. The molecule has 1 aliphatic heterocycles. The fourth-order valence-electron chi connectivity index (χ4n) is 3.58. The number of nitrogens with two attached hydrogens (primary N) is 1. The van der Waals surface area contributed by atoms with Crippen molar-refractivity contribution in [2.75, 3.05) is 19.5 Å². The van der Waals surface area contributed by atoms with E-state index >= 15 is 0 Å². The van der Waals surface area contributed by atoms with Gasteiger partial charge >= 0.3 is 5.97 Å². The number of methoxy groups -OCH3 is 1. The highest BCUT2D eigenvalue weighted by Crippen LogP contribution is 2.36. The first kappa shape index (κ1) is 27.7. The molecule has 2 aromatic rings. The lowest BCUT2D eigenvalue weighted by Crippen LogP contribution is -2.38. The van der Waals surface area contributed by atoms with Crippen molar-refractivity contribution >= 4 is 40.8 Å². The van der Waals surface area contributed by atoms with E-state index < -0.39 is 18.1 Å². The molecule has 5 N–H and O–H groups in total. The van der Waals surface area contributed by atoms with E-state index in [2.05, 4.69) is 20.8 Å². The molecule has 1 aromatic heterocycles. The van der Waals surface area contributed by atoms with Crippen LogP contribution in [0.25, 0.3) is 0 Å². The maximum Gasteiger partial charge on any atom is 0.338 e. The molecular weight excluding hydrogens is 506 g/mol. The summed E-state index contributed by atoms with van der Waals surface area (Å²) in [6.45, 7) is 3.66. The molecule has 0 radical (unpaired) electrons. The van der Waals surface area contributed by atoms with Crippen molar-refractivity contribution in [2.45, 2.75) is 57.5 Å². The normalized spacial score (nSPS) is 18.3. The minimum absolute atomic E-state index is 0.0472. The summed E-state index contributed by atoms with van der Waals surface area (Å²) in [5.41, 5.74) is 6.94. The Kier molecular flexibility index (Phi) is 9.90. The van der Waals surface area contributed by atoms with Crippen LogP contribution in [0.15, 0.2) is 10.6 Å². The monoisotopic (exact) mass is 537 g/mol. The van der Waals surface area contributed by atoms with Crippen molar-refractivity contribution in [2.24, 2.45) is 5.73 Å². The van der Waals surface area contributed by atoms with Crippen LogP contribution >= 0.6 is 24.0 Å². The number of hydrogen-bond donors (Lipinski definition) is 4. The highest BCUT2D eigenvalue weighted by Gasteiger charge is 2.25. The number of rotatable bonds is 5. The molecule has 0 bridgehead atoms. The van der Waals surface area contributed by atoms with Gasteiger partial charge in [-0.25, -0.2) is 4.79 Å². The first-order valence-corrected chi connectivity index (χ1v) is 13.1. The first-order chi connectivity index (χ1) is 17.2. The zero-order valence-electron chi connectivity index (χ0n) is 20.5. The minimum atomic E-state index is -0.647. The van der Waals surface area contributed by atoms with Crippen molar-refractivity contribution in [1.82, 2.24) is 20.8 Å². The standard InChI is InChI=1S/C23H31N5O6S2/c1-12-17(32-3)8-16(29)14-10-36-11-15(22-27-18(28-34-22)9-25-21(30)13(2)24)26-19(35)6-4-5-7-33-23(31)20(12)14/h8,13,15,29H,4-7,9-11,24H2,1-3H3,(H,25,30)(H,26,35)/t13-,15-/m0/s1. The van der Waals surface area contributed by atoms with Crippen LogP contribution in [0.2, 0.25) is 0 Å². The molecule has 1 aromatic carbocycles. The van der Waals surface area contributed by atoms with Gasteiger partial charge in [-0.05, 0) is 33.1 Å². The maximum atomic E-state index is 12.9. The van der Waals surface area contributed by atoms with Crippen LogP contribution in [0.5, 0.6) is 11.5 Å². The maximum absolute atomic E-state index is 12.9. The number of hydrogen-bond acceptors (Lipinski definition) is 11. The van der Waals surface area contributed by atoms with Crippen LogP contribution in [0.4, 0.5) is 0 Å². The molecule has 2 atom stereocenters. The third kappa shape index (κ3) is 7.08. The van der Waals surface area contributed by atoms with Crippen LogP contribution in [0, 0.1) is 6.92 Å². The smallest absolute Gasteiger partial charge is 0.338 e. The first-order valence-electron chi connectivity index (χ1n) is 11.5. The number of carbonyl (C=O) groups is 2. The van der Waals surface area contributed by atoms with Gasteiger partial charge in [0.15, 0.2) is 5.82 Å². The number of ether oxygens (including phenoxy) is 2. The quantitative estimate of drug-likeness (QED) is 0.326. The van der Waals surface area contributed by atoms with Gasteiger partial charge in [0.25, 0.3) is 0 Å². The molecule has 0 saturated carbocycles. The van der Waals surface area contributed by atoms with Gasteiger partial charge in [0.1, 0.15) is 17.5 Å². The van der Waals surface area contributed by atoms with Crippen molar-refractivity contribution < 1.29 is 28.7 Å². The Morgan fingerprint density at radius 2 is 2.25 bits per heavy atom. The molecule has 2 heterocycles. The summed E-state index contributed by atoms with van der Waals surface area (Å²) in [5.74, 6) is 0.939. The Hall–Kier alpha value is -2.90. The summed E-state index contributed by atoms with van der Waals surface area (Å²) in [7, 11) is 1.48.